The lowest BCUT2D eigenvalue weighted by molar-refractivity contribution is -0.192. The molecule has 1 saturated heterocycles. The highest BCUT2D eigenvalue weighted by atomic mass is 32.2. The number of fused-ring (bicyclic) bond motifs is 5. The number of aromatic nitrogens is 1. The lowest BCUT2D eigenvalue weighted by Crippen LogP contribution is -2.58. The van der Waals surface area contributed by atoms with Gasteiger partial charge in [-0.3, -0.25) is 24.0 Å². The molecule has 60 heavy (non-hydrogen) atoms. The molecule has 20 heteroatoms. The number of hydrogen-bond donors (Lipinski definition) is 4. The third-order valence-corrected chi connectivity index (χ3v) is 14.6. The van der Waals surface area contributed by atoms with E-state index >= 15 is 0 Å². The Hall–Kier alpha value is -4.98. The molecule has 1 aromatic carbocycles. The maximum absolute atomic E-state index is 14.7. The van der Waals surface area contributed by atoms with Crippen molar-refractivity contribution < 1.29 is 55.4 Å². The molecule has 4 N–H and O–H groups in total. The van der Waals surface area contributed by atoms with Crippen molar-refractivity contribution in [2.75, 3.05) is 11.9 Å². The summed E-state index contributed by atoms with van der Waals surface area (Å²) in [5.74, 6) is -4.94. The highest BCUT2D eigenvalue weighted by Gasteiger charge is 2.62. The zero-order valence-corrected chi connectivity index (χ0v) is 34.3. The number of halogens is 3. The molecule has 1 aromatic heterocycles. The maximum Gasteiger partial charge on any atom is 0.490 e. The fraction of sp³-hybridized carbons (Fsp3) is 0.550. The number of sulfonamides is 1. The summed E-state index contributed by atoms with van der Waals surface area (Å²) in [5, 5.41) is 15.4. The molecule has 4 amide bonds. The molecular weight excluding hydrogens is 830 g/mol. The number of aryl methyl sites for hydroxylation is 1. The Balaban J connectivity index is 0.000000716. The average Bonchev–Trinajstić information content (AvgIpc) is 3.83. The van der Waals surface area contributed by atoms with Crippen LogP contribution in [0.3, 0.4) is 0 Å². The number of carbonyl (C=O) groups excluding carboxylic acids is 4. The lowest BCUT2D eigenvalue weighted by atomic mass is 9.96. The highest BCUT2D eigenvalue weighted by molar-refractivity contribution is 7.91. The van der Waals surface area contributed by atoms with Gasteiger partial charge in [0, 0.05) is 24.3 Å². The van der Waals surface area contributed by atoms with E-state index in [0.29, 0.717) is 31.1 Å². The van der Waals surface area contributed by atoms with Crippen LogP contribution in [0.1, 0.15) is 86.6 Å². The molecule has 4 fully saturated rings. The molecule has 3 aliphatic carbocycles. The summed E-state index contributed by atoms with van der Waals surface area (Å²) in [5.41, 5.74) is 2.61. The highest BCUT2D eigenvalue weighted by Crippen LogP contribution is 2.46. The zero-order valence-electron chi connectivity index (χ0n) is 32.6. The van der Waals surface area contributed by atoms with Crippen LogP contribution >= 0.6 is 11.3 Å². The van der Waals surface area contributed by atoms with Crippen molar-refractivity contribution in [1.29, 1.82) is 0 Å². The largest absolute Gasteiger partial charge is 0.490 e. The van der Waals surface area contributed by atoms with Gasteiger partial charge in [-0.25, -0.2) is 23.0 Å². The van der Waals surface area contributed by atoms with E-state index in [1.54, 1.807) is 4.90 Å². The normalized spacial score (nSPS) is 27.4. The van der Waals surface area contributed by atoms with Gasteiger partial charge in [-0.05, 0) is 74.0 Å². The molecule has 15 nitrogen and oxygen atoms in total. The second-order valence-corrected chi connectivity index (χ2v) is 19.0. The topological polar surface area (TPSA) is 204 Å². The van der Waals surface area contributed by atoms with Gasteiger partial charge in [0.1, 0.15) is 23.7 Å². The number of allylic oxidation sites excluding steroid dienone is 1. The number of rotatable bonds is 7. The van der Waals surface area contributed by atoms with Gasteiger partial charge in [-0.15, -0.1) is 17.9 Å². The van der Waals surface area contributed by atoms with Gasteiger partial charge < -0.3 is 25.4 Å². The predicted molar refractivity (Wildman–Crippen MR) is 212 cm³/mol. The van der Waals surface area contributed by atoms with E-state index in [-0.39, 0.29) is 31.2 Å². The smallest absolute Gasteiger partial charge is 0.475 e. The summed E-state index contributed by atoms with van der Waals surface area (Å²) in [7, 11) is -3.87. The summed E-state index contributed by atoms with van der Waals surface area (Å²) in [6.45, 7) is 4.56. The number of benzene rings is 1. The predicted octanol–water partition coefficient (Wildman–Crippen LogP) is 4.89. The molecule has 3 saturated carbocycles. The summed E-state index contributed by atoms with van der Waals surface area (Å²) in [6.07, 6.45) is 6.78. The Morgan fingerprint density at radius 3 is 2.50 bits per heavy atom. The number of anilines is 1. The number of nitrogens with zero attached hydrogens (tertiary/aromatic N) is 3. The van der Waals surface area contributed by atoms with Crippen LogP contribution in [0.4, 0.5) is 23.1 Å². The molecule has 5 atom stereocenters. The number of carbonyl (C=O) groups is 5. The Kier molecular flexibility index (Phi) is 12.3. The van der Waals surface area contributed by atoms with Gasteiger partial charge in [0.2, 0.25) is 21.8 Å². The van der Waals surface area contributed by atoms with Gasteiger partial charge in [-0.1, -0.05) is 49.3 Å². The van der Waals surface area contributed by atoms with Crippen LogP contribution in [-0.2, 0) is 53.4 Å². The maximum atomic E-state index is 14.7. The minimum absolute atomic E-state index is 0.00834. The van der Waals surface area contributed by atoms with E-state index in [4.69, 9.17) is 19.6 Å². The fourth-order valence-electron chi connectivity index (χ4n) is 8.43. The number of thiazole rings is 1. The second-order valence-electron chi connectivity index (χ2n) is 16.2. The van der Waals surface area contributed by atoms with Gasteiger partial charge in [0.05, 0.1) is 24.0 Å². The third kappa shape index (κ3) is 9.48. The van der Waals surface area contributed by atoms with Crippen LogP contribution in [-0.4, -0.2) is 99.8 Å². The van der Waals surface area contributed by atoms with Crippen LogP contribution in [0.2, 0.25) is 0 Å². The summed E-state index contributed by atoms with van der Waals surface area (Å²) < 4.78 is 65.4. The van der Waals surface area contributed by atoms with E-state index in [9.17, 15) is 40.8 Å². The van der Waals surface area contributed by atoms with Gasteiger partial charge >= 0.3 is 18.2 Å². The van der Waals surface area contributed by atoms with E-state index in [1.165, 1.54) is 22.3 Å². The number of aliphatic carboxylic acids is 1. The minimum atomic E-state index is -5.08. The van der Waals surface area contributed by atoms with Gasteiger partial charge in [0.25, 0.3) is 5.91 Å². The van der Waals surface area contributed by atoms with Crippen molar-refractivity contribution in [3.63, 3.8) is 0 Å². The zero-order chi connectivity index (χ0) is 43.0. The number of hydrogen-bond acceptors (Lipinski definition) is 11. The first-order valence-corrected chi connectivity index (χ1v) is 22.5. The van der Waals surface area contributed by atoms with Crippen molar-refractivity contribution in [1.82, 2.24) is 24.8 Å². The summed E-state index contributed by atoms with van der Waals surface area (Å²) in [6, 6.07) is 4.31. The number of carboxylic acid groups (broad SMARTS) is 1. The summed E-state index contributed by atoms with van der Waals surface area (Å²) >= 11 is 1.45. The van der Waals surface area contributed by atoms with E-state index in [0.717, 1.165) is 67.3 Å². The first kappa shape index (κ1) is 43.1. The number of alkyl halides is 3. The Morgan fingerprint density at radius 2 is 1.83 bits per heavy atom. The van der Waals surface area contributed by atoms with E-state index < -0.39 is 75.0 Å². The number of ether oxygens (including phenoxy) is 1. The third-order valence-electron chi connectivity index (χ3n) is 12.0. The van der Waals surface area contributed by atoms with Crippen LogP contribution in [0.15, 0.2) is 42.3 Å². The fourth-order valence-corrected chi connectivity index (χ4v) is 10.6. The molecule has 8 rings (SSSR count). The Bertz CT molecular complexity index is 2170. The minimum Gasteiger partial charge on any atom is -0.475 e. The van der Waals surface area contributed by atoms with E-state index in [1.807, 2.05) is 23.6 Å². The van der Waals surface area contributed by atoms with Crippen LogP contribution in [0, 0.1) is 11.8 Å². The Labute approximate surface area is 348 Å². The van der Waals surface area contributed by atoms with Gasteiger partial charge in [0.15, 0.2) is 5.13 Å². The molecule has 6 aliphatic rings. The molecule has 0 unspecified atom stereocenters. The average molecular weight is 877 g/mol. The Morgan fingerprint density at radius 1 is 1.10 bits per heavy atom. The second kappa shape index (κ2) is 17.2. The lowest BCUT2D eigenvalue weighted by Gasteiger charge is -2.32. The molecule has 2 aromatic rings. The first-order chi connectivity index (χ1) is 28.5. The van der Waals surface area contributed by atoms with Crippen LogP contribution in [0.25, 0.3) is 6.08 Å². The SMILES string of the molecule is C=C[C@@H]1C[C@]1(NC(=O)[C@@H]1C[C@@H]2CN1C(=O)[C@H](C1CCCC1)Nc1nc(cs1)CCC/C=C/c1cccc3c1CN(C3)C(=O)O2)C(=O)NS(=O)(=O)C1CC1.O=C(O)C(F)(F)F. The van der Waals surface area contributed by atoms with Gasteiger partial charge in [-0.2, -0.15) is 13.2 Å². The number of nitrogens with one attached hydrogen (secondary N) is 3. The number of amides is 4. The molecule has 0 spiro atoms. The van der Waals surface area contributed by atoms with E-state index in [2.05, 4.69) is 34.1 Å². The van der Waals surface area contributed by atoms with Crippen molar-refractivity contribution >= 4 is 62.4 Å². The molecule has 6 bridgehead atoms. The molecule has 4 heterocycles. The molecule has 0 radical (unpaired) electrons. The molecule has 324 valence electrons. The van der Waals surface area contributed by atoms with Crippen LogP contribution in [0.5, 0.6) is 0 Å². The molecule has 3 aliphatic heterocycles. The van der Waals surface area contributed by atoms with Crippen LogP contribution < -0.4 is 15.4 Å². The monoisotopic (exact) mass is 876 g/mol. The quantitative estimate of drug-likeness (QED) is 0.276. The van der Waals surface area contributed by atoms with Crippen molar-refractivity contribution in [2.24, 2.45) is 11.8 Å². The van der Waals surface area contributed by atoms with Crippen molar-refractivity contribution in [2.45, 2.75) is 119 Å². The summed E-state index contributed by atoms with van der Waals surface area (Å²) in [4.78, 5) is 73.1. The van der Waals surface area contributed by atoms with Crippen molar-refractivity contribution in [3.8, 4) is 0 Å². The standard InChI is InChI=1S/C38H46N6O7S2.C2HF3O2/c1-2-26-18-38(26,35(47)42-53(49,50)29-15-16-29)41-33(45)31-17-28-20-44(31)34(46)32(24-10-6-7-11-24)40-36-39-27(22-52-36)14-5-3-4-9-23-12-8-13-25-19-43(21-30(23)25)37(48)51-28;3-2(4,5)1(6)7/h2,4,8-9,12-13,22,24,26,28-29,31-32H,1,3,5-7,10-11,14-21H2,(H,39,40)(H,41,45)(H,42,47);(H,6,7)/b9-4+;/t26-,28-,31+,32+,38-;/m1./s1. The molecular formula is C40H47F3N6O9S2. The van der Waals surface area contributed by atoms with Crippen molar-refractivity contribution in [3.05, 3.63) is 64.7 Å². The number of carboxylic acids is 1. The first-order valence-electron chi connectivity index (χ1n) is 20.0.